The summed E-state index contributed by atoms with van der Waals surface area (Å²) in [5.41, 5.74) is 1.50. The average Bonchev–Trinajstić information content (AvgIpc) is 2.69. The second-order valence-corrected chi connectivity index (χ2v) is 6.32. The summed E-state index contributed by atoms with van der Waals surface area (Å²) in [6.45, 7) is 5.42. The van der Waals surface area contributed by atoms with Crippen LogP contribution in [0.2, 0.25) is 0 Å². The molecule has 27 heavy (non-hydrogen) atoms. The molecule has 0 radical (unpaired) electrons. The molecule has 0 spiro atoms. The molecule has 5 heteroatoms. The molecule has 0 fully saturated rings. The van der Waals surface area contributed by atoms with Crippen LogP contribution in [0.4, 0.5) is 4.39 Å². The molecule has 0 saturated heterocycles. The van der Waals surface area contributed by atoms with Crippen LogP contribution >= 0.6 is 0 Å². The first-order valence-corrected chi connectivity index (χ1v) is 9.56. The van der Waals surface area contributed by atoms with Gasteiger partial charge in [-0.3, -0.25) is 0 Å². The minimum atomic E-state index is -0.268. The summed E-state index contributed by atoms with van der Waals surface area (Å²) in [5.74, 6) is 1.03. The van der Waals surface area contributed by atoms with Gasteiger partial charge in [0.15, 0.2) is 11.5 Å². The van der Waals surface area contributed by atoms with Gasteiger partial charge in [0.1, 0.15) is 12.4 Å². The van der Waals surface area contributed by atoms with E-state index in [2.05, 4.69) is 12.2 Å². The first-order chi connectivity index (χ1) is 13.3. The van der Waals surface area contributed by atoms with Gasteiger partial charge in [0.25, 0.3) is 0 Å². The van der Waals surface area contributed by atoms with Crippen molar-refractivity contribution in [2.45, 2.75) is 39.3 Å². The van der Waals surface area contributed by atoms with E-state index in [9.17, 15) is 4.39 Å². The van der Waals surface area contributed by atoms with Gasteiger partial charge in [-0.15, -0.1) is 0 Å². The molecule has 0 amide bonds. The Balaban J connectivity index is 1.87. The number of rotatable bonds is 13. The van der Waals surface area contributed by atoms with E-state index in [1.807, 2.05) is 18.2 Å². The molecule has 4 nitrogen and oxygen atoms in total. The maximum Gasteiger partial charge on any atom is 0.166 e. The van der Waals surface area contributed by atoms with Crippen LogP contribution in [-0.2, 0) is 17.9 Å². The number of hydrogen-bond acceptors (Lipinski definition) is 4. The van der Waals surface area contributed by atoms with Gasteiger partial charge in [-0.1, -0.05) is 43.7 Å². The van der Waals surface area contributed by atoms with Crippen LogP contribution in [0.25, 0.3) is 0 Å². The lowest BCUT2D eigenvalue weighted by molar-refractivity contribution is 0.128. The van der Waals surface area contributed by atoms with Gasteiger partial charge in [0, 0.05) is 30.9 Å². The Kier molecular flexibility index (Phi) is 9.66. The molecule has 0 unspecified atom stereocenters. The zero-order valence-electron chi connectivity index (χ0n) is 16.3. The smallest absolute Gasteiger partial charge is 0.166 e. The third kappa shape index (κ3) is 7.19. The molecule has 0 aliphatic rings. The molecule has 1 N–H and O–H groups in total. The van der Waals surface area contributed by atoms with E-state index in [0.717, 1.165) is 44.6 Å². The van der Waals surface area contributed by atoms with E-state index in [0.29, 0.717) is 23.6 Å². The second-order valence-electron chi connectivity index (χ2n) is 6.32. The number of hydrogen-bond donors (Lipinski definition) is 1. The predicted molar refractivity (Wildman–Crippen MR) is 106 cm³/mol. The van der Waals surface area contributed by atoms with Crippen LogP contribution in [0.3, 0.4) is 0 Å². The molecule has 2 aromatic rings. The summed E-state index contributed by atoms with van der Waals surface area (Å²) in [5, 5.41) is 3.40. The Bertz CT molecular complexity index is 678. The van der Waals surface area contributed by atoms with Crippen LogP contribution in [-0.4, -0.2) is 26.9 Å². The normalized spacial score (nSPS) is 10.8. The van der Waals surface area contributed by atoms with E-state index in [-0.39, 0.29) is 12.4 Å². The minimum Gasteiger partial charge on any atom is -0.493 e. The summed E-state index contributed by atoms with van der Waals surface area (Å²) in [6, 6.07) is 12.4. The van der Waals surface area contributed by atoms with Crippen molar-refractivity contribution in [2.24, 2.45) is 0 Å². The van der Waals surface area contributed by atoms with Gasteiger partial charge < -0.3 is 19.5 Å². The highest BCUT2D eigenvalue weighted by molar-refractivity contribution is 5.46. The van der Waals surface area contributed by atoms with E-state index >= 15 is 0 Å². The van der Waals surface area contributed by atoms with Crippen molar-refractivity contribution >= 4 is 0 Å². The lowest BCUT2D eigenvalue weighted by Gasteiger charge is -2.16. The standard InChI is InChI=1S/C22H30FNO3/c1-3-4-14-26-15-8-13-24-16-18-10-7-12-21(25-2)22(18)27-17-19-9-5-6-11-20(19)23/h5-7,9-12,24H,3-4,8,13-17H2,1-2H3. The van der Waals surface area contributed by atoms with Crippen molar-refractivity contribution in [3.8, 4) is 11.5 Å². The third-order valence-corrected chi connectivity index (χ3v) is 4.21. The predicted octanol–water partition coefficient (Wildman–Crippen LogP) is 4.71. The van der Waals surface area contributed by atoms with Gasteiger partial charge in [0.05, 0.1) is 7.11 Å². The summed E-state index contributed by atoms with van der Waals surface area (Å²) < 4.78 is 30.7. The number of unbranched alkanes of at least 4 members (excludes halogenated alkanes) is 1. The number of methoxy groups -OCH3 is 1. The molecular formula is C22H30FNO3. The zero-order valence-corrected chi connectivity index (χ0v) is 16.3. The lowest BCUT2D eigenvalue weighted by atomic mass is 10.1. The van der Waals surface area contributed by atoms with Crippen LogP contribution in [0, 0.1) is 5.82 Å². The Morgan fingerprint density at radius 2 is 1.74 bits per heavy atom. The van der Waals surface area contributed by atoms with Gasteiger partial charge in [-0.25, -0.2) is 4.39 Å². The second kappa shape index (κ2) is 12.3. The summed E-state index contributed by atoms with van der Waals surface area (Å²) in [7, 11) is 1.61. The molecule has 0 bridgehead atoms. The van der Waals surface area contributed by atoms with Gasteiger partial charge >= 0.3 is 0 Å². The molecule has 0 aliphatic carbocycles. The van der Waals surface area contributed by atoms with Gasteiger partial charge in [0.2, 0.25) is 0 Å². The summed E-state index contributed by atoms with van der Waals surface area (Å²) in [4.78, 5) is 0. The molecule has 2 aromatic carbocycles. The molecule has 2 rings (SSSR count). The average molecular weight is 375 g/mol. The van der Waals surface area contributed by atoms with Gasteiger partial charge in [-0.2, -0.15) is 0 Å². The van der Waals surface area contributed by atoms with Crippen LogP contribution in [0.5, 0.6) is 11.5 Å². The van der Waals surface area contributed by atoms with Crippen molar-refractivity contribution in [1.29, 1.82) is 0 Å². The molecule has 148 valence electrons. The fourth-order valence-corrected chi connectivity index (χ4v) is 2.66. The van der Waals surface area contributed by atoms with Gasteiger partial charge in [-0.05, 0) is 31.5 Å². The monoisotopic (exact) mass is 375 g/mol. The Hall–Kier alpha value is -2.11. The molecule has 0 atom stereocenters. The van der Waals surface area contributed by atoms with Crippen molar-refractivity contribution in [2.75, 3.05) is 26.9 Å². The fraction of sp³-hybridized carbons (Fsp3) is 0.455. The number of para-hydroxylation sites is 1. The molecule has 0 heterocycles. The third-order valence-electron chi connectivity index (χ3n) is 4.21. The zero-order chi connectivity index (χ0) is 19.3. The van der Waals surface area contributed by atoms with Crippen LogP contribution < -0.4 is 14.8 Å². The lowest BCUT2D eigenvalue weighted by Crippen LogP contribution is -2.17. The number of nitrogens with one attached hydrogen (secondary N) is 1. The van der Waals surface area contributed by atoms with Crippen molar-refractivity contribution in [1.82, 2.24) is 5.32 Å². The number of ether oxygens (including phenoxy) is 3. The van der Waals surface area contributed by atoms with E-state index < -0.39 is 0 Å². The molecule has 0 aliphatic heterocycles. The maximum absolute atomic E-state index is 13.8. The molecular weight excluding hydrogens is 345 g/mol. The summed E-state index contributed by atoms with van der Waals surface area (Å²) in [6.07, 6.45) is 3.22. The highest BCUT2D eigenvalue weighted by atomic mass is 19.1. The maximum atomic E-state index is 13.8. The Morgan fingerprint density at radius 1 is 0.963 bits per heavy atom. The Morgan fingerprint density at radius 3 is 2.52 bits per heavy atom. The highest BCUT2D eigenvalue weighted by Gasteiger charge is 2.12. The first-order valence-electron chi connectivity index (χ1n) is 9.56. The SMILES string of the molecule is CCCCOCCCNCc1cccc(OC)c1OCc1ccccc1F. The number of halogens is 1. The first kappa shape index (κ1) is 21.2. The van der Waals surface area contributed by atoms with E-state index in [1.54, 1.807) is 25.3 Å². The van der Waals surface area contributed by atoms with Crippen molar-refractivity contribution in [3.63, 3.8) is 0 Å². The van der Waals surface area contributed by atoms with Crippen LogP contribution in [0.15, 0.2) is 42.5 Å². The fourth-order valence-electron chi connectivity index (χ4n) is 2.66. The largest absolute Gasteiger partial charge is 0.493 e. The summed E-state index contributed by atoms with van der Waals surface area (Å²) >= 11 is 0. The molecule has 0 saturated carbocycles. The Labute approximate surface area is 161 Å². The van der Waals surface area contributed by atoms with Crippen LogP contribution in [0.1, 0.15) is 37.3 Å². The van der Waals surface area contributed by atoms with Crippen molar-refractivity contribution in [3.05, 3.63) is 59.4 Å². The van der Waals surface area contributed by atoms with E-state index in [4.69, 9.17) is 14.2 Å². The van der Waals surface area contributed by atoms with Crippen molar-refractivity contribution < 1.29 is 18.6 Å². The van der Waals surface area contributed by atoms with E-state index in [1.165, 1.54) is 6.07 Å². The molecule has 0 aromatic heterocycles. The minimum absolute atomic E-state index is 0.158. The quantitative estimate of drug-likeness (QED) is 0.515. The number of benzene rings is 2. The topological polar surface area (TPSA) is 39.7 Å². The highest BCUT2D eigenvalue weighted by Crippen LogP contribution is 2.32.